The quantitative estimate of drug-likeness (QED) is 0.0903. The zero-order chi connectivity index (χ0) is 43.6. The number of aliphatic hydroxyl groups is 1. The molecule has 0 bridgehead atoms. The molecule has 4 aromatic rings. The van der Waals surface area contributed by atoms with Crippen LogP contribution in [0.4, 0.5) is 17.6 Å². The molecule has 0 radical (unpaired) electrons. The number of imidazole rings is 2. The van der Waals surface area contributed by atoms with Crippen LogP contribution < -0.4 is 9.47 Å². The molecule has 6 rings (SSSR count). The third kappa shape index (κ3) is 13.4. The maximum Gasteiger partial charge on any atom is 0.189 e. The van der Waals surface area contributed by atoms with Crippen molar-refractivity contribution in [2.45, 2.75) is 95.0 Å². The number of benzene rings is 2. The molecule has 2 aromatic heterocycles. The van der Waals surface area contributed by atoms with Gasteiger partial charge in [0.1, 0.15) is 87.3 Å². The van der Waals surface area contributed by atoms with Gasteiger partial charge in [0.05, 0.1) is 42.6 Å². The molecule has 0 aliphatic heterocycles. The second-order valence-electron chi connectivity index (χ2n) is 16.1. The molecule has 2 aromatic carbocycles. The number of nitrogens with zero attached hydrogens (tertiary/aromatic N) is 6. The van der Waals surface area contributed by atoms with Gasteiger partial charge < -0.3 is 23.7 Å². The third-order valence-corrected chi connectivity index (χ3v) is 11.3. The normalized spacial score (nSPS) is 15.3. The Morgan fingerprint density at radius 1 is 0.831 bits per heavy atom. The van der Waals surface area contributed by atoms with E-state index in [1.807, 2.05) is 12.1 Å². The van der Waals surface area contributed by atoms with Crippen molar-refractivity contribution in [3.8, 4) is 46.6 Å². The summed E-state index contributed by atoms with van der Waals surface area (Å²) in [5.41, 5.74) is 0.885. The molecule has 0 amide bonds. The molecular formula is C42H45BrF4N6O4Si2. The zero-order valence-electron chi connectivity index (χ0n) is 33.7. The molecule has 1 unspecified atom stereocenters. The van der Waals surface area contributed by atoms with Crippen molar-refractivity contribution in [1.29, 1.82) is 10.5 Å². The van der Waals surface area contributed by atoms with E-state index in [4.69, 9.17) is 20.0 Å². The van der Waals surface area contributed by atoms with Crippen molar-refractivity contribution in [2.75, 3.05) is 13.2 Å². The van der Waals surface area contributed by atoms with Crippen molar-refractivity contribution >= 4 is 37.9 Å². The first-order valence-corrected chi connectivity index (χ1v) is 26.4. The molecule has 2 aliphatic rings. The summed E-state index contributed by atoms with van der Waals surface area (Å²) in [4.78, 5) is 18.9. The van der Waals surface area contributed by atoms with Crippen LogP contribution in [-0.4, -0.2) is 70.7 Å². The number of alkyl halides is 2. The van der Waals surface area contributed by atoms with Gasteiger partial charge in [-0.3, -0.25) is 4.79 Å². The predicted octanol–water partition coefficient (Wildman–Crippen LogP) is 8.22. The van der Waals surface area contributed by atoms with E-state index < -0.39 is 44.7 Å². The Bertz CT molecular complexity index is 2350. The van der Waals surface area contributed by atoms with Crippen LogP contribution in [0.1, 0.15) is 42.6 Å². The predicted molar refractivity (Wildman–Crippen MR) is 223 cm³/mol. The number of halogens is 5. The first-order chi connectivity index (χ1) is 27.6. The van der Waals surface area contributed by atoms with Crippen molar-refractivity contribution in [2.24, 2.45) is 0 Å². The van der Waals surface area contributed by atoms with Crippen molar-refractivity contribution in [1.82, 2.24) is 19.1 Å². The van der Waals surface area contributed by atoms with Crippen LogP contribution in [0.2, 0.25) is 39.3 Å². The Hall–Kier alpha value is -5.18. The molecule has 0 spiro atoms. The first kappa shape index (κ1) is 46.5. The lowest BCUT2D eigenvalue weighted by Gasteiger charge is -2.33. The summed E-state index contributed by atoms with van der Waals surface area (Å²) in [6.07, 6.45) is 6.20. The molecule has 59 heavy (non-hydrogen) atoms. The van der Waals surface area contributed by atoms with Crippen LogP contribution in [0.5, 0.6) is 11.5 Å². The van der Waals surface area contributed by atoms with Gasteiger partial charge >= 0.3 is 0 Å². The minimum absolute atomic E-state index is 0.0978. The fraction of sp³-hybridized carbons (Fsp3) is 0.405. The van der Waals surface area contributed by atoms with Gasteiger partial charge in [-0.2, -0.15) is 10.5 Å². The lowest BCUT2D eigenvalue weighted by Crippen LogP contribution is -2.43. The topological polar surface area (TPSA) is 139 Å². The van der Waals surface area contributed by atoms with Gasteiger partial charge in [-0.25, -0.2) is 27.5 Å². The van der Waals surface area contributed by atoms with E-state index in [-0.39, 0.29) is 61.1 Å². The smallest absolute Gasteiger partial charge is 0.189 e. The first-order valence-electron chi connectivity index (χ1n) is 18.6. The second kappa shape index (κ2) is 19.3. The Labute approximate surface area is 352 Å². The molecule has 0 saturated heterocycles. The highest BCUT2D eigenvalue weighted by molar-refractivity contribution is 9.10. The molecule has 2 heterocycles. The van der Waals surface area contributed by atoms with Crippen LogP contribution in [0.3, 0.4) is 0 Å². The van der Waals surface area contributed by atoms with Crippen LogP contribution in [0, 0.1) is 57.2 Å². The van der Waals surface area contributed by atoms with Crippen LogP contribution >= 0.6 is 15.9 Å². The van der Waals surface area contributed by atoms with Crippen molar-refractivity contribution in [3.63, 3.8) is 0 Å². The number of ketones is 1. The van der Waals surface area contributed by atoms with E-state index in [1.165, 1.54) is 52.4 Å². The molecule has 17 heteroatoms. The highest BCUT2D eigenvalue weighted by Crippen LogP contribution is 2.55. The van der Waals surface area contributed by atoms with E-state index >= 15 is 4.39 Å². The maximum absolute atomic E-state index is 15.1. The van der Waals surface area contributed by atoms with E-state index in [9.17, 15) is 23.1 Å². The van der Waals surface area contributed by atoms with Crippen molar-refractivity contribution in [3.05, 3.63) is 94.5 Å². The number of carbonyl (C=O) groups is 1. The molecule has 2 saturated carbocycles. The van der Waals surface area contributed by atoms with E-state index in [0.29, 0.717) is 29.7 Å². The van der Waals surface area contributed by atoms with Gasteiger partial charge in [-0.15, -0.1) is 11.1 Å². The fourth-order valence-electron chi connectivity index (χ4n) is 5.33. The Morgan fingerprint density at radius 3 is 1.78 bits per heavy atom. The molecular weight excluding hydrogens is 865 g/mol. The second-order valence-corrected chi connectivity index (χ2v) is 26.5. The Balaban J connectivity index is 0.000000216. The van der Waals surface area contributed by atoms with E-state index in [0.717, 1.165) is 6.07 Å². The van der Waals surface area contributed by atoms with E-state index in [1.54, 1.807) is 12.1 Å². The number of rotatable bonds is 11. The van der Waals surface area contributed by atoms with Crippen LogP contribution in [-0.2, 0) is 23.5 Å². The molecule has 1 atom stereocenters. The molecule has 310 valence electrons. The standard InChI is InChI=1S/C21H23F2N3O2Si.C12H14BrFOSi.C9H8FN3O/c1-29(2,3)10-4-9-28-17-5-6-18(19(22)11-17)21(27,20(23)7-8-20)14-26-15-25-13-16(26)12-24;1-16(2,3)8-4-7-15-10-5-6-11(13)12(14)9-10;10-9(1-2-9)8(14)5-13-6-12-4-7(13)3-11/h5-6,11,13,15,27H,7-9,14H2,1-3H3;5-6,9H,7H2,1-3H3;4,6H,1-2,5H2. The zero-order valence-corrected chi connectivity index (χ0v) is 37.3. The molecule has 1 N–H and O–H groups in total. The minimum atomic E-state index is -2.13. The summed E-state index contributed by atoms with van der Waals surface area (Å²) < 4.78 is 70.3. The number of hydrogen-bond acceptors (Lipinski definition) is 8. The van der Waals surface area contributed by atoms with E-state index in [2.05, 4.69) is 88.1 Å². The average Bonchev–Trinajstić information content (AvgIpc) is 3.99. The number of carbonyl (C=O) groups excluding carboxylic acids is 1. The van der Waals surface area contributed by atoms with Gasteiger partial charge in [0, 0.05) is 17.7 Å². The largest absolute Gasteiger partial charge is 0.481 e. The highest BCUT2D eigenvalue weighted by atomic mass is 79.9. The molecule has 2 fully saturated rings. The lowest BCUT2D eigenvalue weighted by atomic mass is 9.86. The average molecular weight is 910 g/mol. The summed E-state index contributed by atoms with van der Waals surface area (Å²) in [5, 5.41) is 29.0. The summed E-state index contributed by atoms with van der Waals surface area (Å²) in [7, 11) is -2.85. The van der Waals surface area contributed by atoms with Crippen LogP contribution in [0.25, 0.3) is 0 Å². The number of aromatic nitrogens is 4. The van der Waals surface area contributed by atoms with Crippen molar-refractivity contribution < 1.29 is 36.9 Å². The fourth-order valence-corrected chi connectivity index (χ4v) is 6.78. The lowest BCUT2D eigenvalue weighted by molar-refractivity contribution is -0.125. The maximum atomic E-state index is 15.1. The monoisotopic (exact) mass is 908 g/mol. The van der Waals surface area contributed by atoms with Gasteiger partial charge in [-0.05, 0) is 65.9 Å². The third-order valence-electron chi connectivity index (χ3n) is 8.81. The highest BCUT2D eigenvalue weighted by Gasteiger charge is 2.62. The number of ether oxygens (including phenoxy) is 2. The Morgan fingerprint density at radius 2 is 1.32 bits per heavy atom. The summed E-state index contributed by atoms with van der Waals surface area (Å²) in [6, 6.07) is 12.4. The van der Waals surface area contributed by atoms with Gasteiger partial charge in [-0.1, -0.05) is 51.1 Å². The summed E-state index contributed by atoms with van der Waals surface area (Å²) >= 11 is 3.08. The number of nitriles is 2. The van der Waals surface area contributed by atoms with Gasteiger partial charge in [0.2, 0.25) is 0 Å². The Kier molecular flexibility index (Phi) is 15.2. The number of Topliss-reactive ketones (excluding diaryl/α,β-unsaturated/α-hetero) is 1. The SMILES string of the molecule is C[Si](C)(C)C#CCOc1ccc(Br)c(F)c1.C[Si](C)(C)C#CCOc1ccc(C(O)(Cn2cncc2C#N)C2(F)CC2)c(F)c1.N#Cc1cncn1CC(=O)C1(F)CC1. The molecule has 10 nitrogen and oxygen atoms in total. The minimum Gasteiger partial charge on any atom is -0.481 e. The number of hydrogen-bond donors (Lipinski definition) is 1. The summed E-state index contributed by atoms with van der Waals surface area (Å²) in [6.45, 7) is 12.8. The van der Waals surface area contributed by atoms with Crippen LogP contribution in [0.15, 0.2) is 65.9 Å². The summed E-state index contributed by atoms with van der Waals surface area (Å²) in [5.74, 6) is 5.09. The molecule has 2 aliphatic carbocycles. The van der Waals surface area contributed by atoms with Gasteiger partial charge in [0.15, 0.2) is 11.5 Å². The van der Waals surface area contributed by atoms with Gasteiger partial charge in [0.25, 0.3) is 0 Å².